The third kappa shape index (κ3) is 4.04. The first-order valence-corrected chi connectivity index (χ1v) is 8.88. The van der Waals surface area contributed by atoms with Crippen LogP contribution in [0.4, 0.5) is 0 Å². The van der Waals surface area contributed by atoms with Crippen LogP contribution >= 0.6 is 0 Å². The molecule has 26 heavy (non-hydrogen) atoms. The summed E-state index contributed by atoms with van der Waals surface area (Å²) in [6.45, 7) is 6.39. The molecule has 0 radical (unpaired) electrons. The lowest BCUT2D eigenvalue weighted by Gasteiger charge is -2.26. The maximum atomic E-state index is 13.1. The van der Waals surface area contributed by atoms with Crippen LogP contribution in [0.25, 0.3) is 0 Å². The van der Waals surface area contributed by atoms with Gasteiger partial charge in [0.05, 0.1) is 13.0 Å². The molecule has 1 amide bonds. The molecule has 5 heteroatoms. The number of rotatable bonds is 6. The van der Waals surface area contributed by atoms with Gasteiger partial charge in [0.1, 0.15) is 5.57 Å². The zero-order valence-electron chi connectivity index (χ0n) is 15.8. The number of allylic oxidation sites excluding steroid dienone is 8. The van der Waals surface area contributed by atoms with Crippen molar-refractivity contribution in [1.82, 2.24) is 10.2 Å². The maximum absolute atomic E-state index is 13.1. The minimum Gasteiger partial charge on any atom is -0.481 e. The Hall–Kier alpha value is -2.82. The van der Waals surface area contributed by atoms with Gasteiger partial charge in [-0.25, -0.2) is 0 Å². The van der Waals surface area contributed by atoms with E-state index in [1.165, 1.54) is 7.11 Å². The smallest absolute Gasteiger partial charge is 0.264 e. The molecule has 0 fully saturated rings. The Kier molecular flexibility index (Phi) is 6.78. The second-order valence-corrected chi connectivity index (χ2v) is 5.88. The molecule has 2 bridgehead atoms. The Bertz CT molecular complexity index is 751. The molecule has 1 unspecified atom stereocenters. The van der Waals surface area contributed by atoms with Crippen LogP contribution in [0.2, 0.25) is 0 Å². The van der Waals surface area contributed by atoms with Crippen LogP contribution < -0.4 is 5.32 Å². The van der Waals surface area contributed by atoms with Gasteiger partial charge >= 0.3 is 0 Å². The van der Waals surface area contributed by atoms with Crippen molar-refractivity contribution in [1.29, 1.82) is 0 Å². The van der Waals surface area contributed by atoms with E-state index in [0.717, 1.165) is 12.1 Å². The normalized spacial score (nSPS) is 20.2. The molecule has 0 aromatic rings. The lowest BCUT2D eigenvalue weighted by molar-refractivity contribution is -0.123. The first-order valence-electron chi connectivity index (χ1n) is 8.88. The van der Waals surface area contributed by atoms with E-state index >= 15 is 0 Å². The zero-order valence-corrected chi connectivity index (χ0v) is 15.8. The van der Waals surface area contributed by atoms with E-state index in [1.54, 1.807) is 12.2 Å². The Morgan fingerprint density at radius 3 is 2.73 bits per heavy atom. The van der Waals surface area contributed by atoms with E-state index in [1.807, 2.05) is 62.1 Å². The van der Waals surface area contributed by atoms with Gasteiger partial charge in [-0.2, -0.15) is 0 Å². The van der Waals surface area contributed by atoms with Gasteiger partial charge in [-0.3, -0.25) is 9.59 Å². The highest BCUT2D eigenvalue weighted by Gasteiger charge is 2.35. The molecular weight excluding hydrogens is 328 g/mol. The quantitative estimate of drug-likeness (QED) is 0.587. The van der Waals surface area contributed by atoms with Crippen LogP contribution in [0.5, 0.6) is 0 Å². The Balaban J connectivity index is 2.52. The fourth-order valence-electron chi connectivity index (χ4n) is 3.00. The summed E-state index contributed by atoms with van der Waals surface area (Å²) in [5, 5.41) is 2.84. The molecule has 1 aliphatic carbocycles. The van der Waals surface area contributed by atoms with Gasteiger partial charge in [0, 0.05) is 17.9 Å². The summed E-state index contributed by atoms with van der Waals surface area (Å²) in [5.74, 6) is -0.951. The second-order valence-electron chi connectivity index (χ2n) is 5.88. The van der Waals surface area contributed by atoms with Gasteiger partial charge < -0.3 is 15.0 Å². The van der Waals surface area contributed by atoms with Crippen molar-refractivity contribution in [2.24, 2.45) is 5.92 Å². The maximum Gasteiger partial charge on any atom is 0.264 e. The molecule has 5 nitrogen and oxygen atoms in total. The van der Waals surface area contributed by atoms with E-state index in [0.29, 0.717) is 12.2 Å². The zero-order chi connectivity index (χ0) is 19.1. The first kappa shape index (κ1) is 19.5. The number of carbonyl (C=O) groups excluding carboxylic acids is 2. The summed E-state index contributed by atoms with van der Waals surface area (Å²) in [6.07, 6.45) is 15.6. The first-order chi connectivity index (χ1) is 12.6. The SMILES string of the molecule is C/C=C\C(=C/CC)NC(=O)C1=C(OC)N(CC)C2=CC(C=CC=C2)C1=O. The molecule has 1 heterocycles. The highest BCUT2D eigenvalue weighted by Crippen LogP contribution is 2.29. The highest BCUT2D eigenvalue weighted by atomic mass is 16.5. The average Bonchev–Trinajstić information content (AvgIpc) is 2.93. The number of likely N-dealkylation sites (N-methyl/N-ethyl adjacent to an activating group) is 1. The number of nitrogens with zero attached hydrogens (tertiary/aromatic N) is 1. The van der Waals surface area contributed by atoms with Crippen molar-refractivity contribution in [3.63, 3.8) is 0 Å². The third-order valence-electron chi connectivity index (χ3n) is 4.13. The molecule has 0 aromatic carbocycles. The van der Waals surface area contributed by atoms with Crippen molar-refractivity contribution < 1.29 is 14.3 Å². The predicted molar refractivity (Wildman–Crippen MR) is 103 cm³/mol. The van der Waals surface area contributed by atoms with Crippen LogP contribution in [0, 0.1) is 5.92 Å². The van der Waals surface area contributed by atoms with Crippen LogP contribution in [0.1, 0.15) is 27.2 Å². The Morgan fingerprint density at radius 2 is 2.12 bits per heavy atom. The Labute approximate surface area is 155 Å². The van der Waals surface area contributed by atoms with E-state index in [4.69, 9.17) is 4.74 Å². The number of amides is 1. The second kappa shape index (κ2) is 9.04. The van der Waals surface area contributed by atoms with Crippen molar-refractivity contribution >= 4 is 11.7 Å². The van der Waals surface area contributed by atoms with Gasteiger partial charge in [0.25, 0.3) is 5.91 Å². The minimum atomic E-state index is -0.497. The molecule has 0 spiro atoms. The fraction of sp³-hybridized carbons (Fsp3) is 0.333. The van der Waals surface area contributed by atoms with E-state index in [-0.39, 0.29) is 17.2 Å². The summed E-state index contributed by atoms with van der Waals surface area (Å²) >= 11 is 0. The van der Waals surface area contributed by atoms with Gasteiger partial charge in [-0.15, -0.1) is 0 Å². The summed E-state index contributed by atoms with van der Waals surface area (Å²) in [6, 6.07) is 0. The van der Waals surface area contributed by atoms with Crippen molar-refractivity contribution in [3.05, 3.63) is 71.5 Å². The average molecular weight is 354 g/mol. The number of methoxy groups -OCH3 is 1. The van der Waals surface area contributed by atoms with Gasteiger partial charge in [-0.1, -0.05) is 37.3 Å². The van der Waals surface area contributed by atoms with Gasteiger partial charge in [-0.05, 0) is 38.5 Å². The molecular formula is C21H26N2O3. The number of hydrogen-bond acceptors (Lipinski definition) is 4. The van der Waals surface area contributed by atoms with Gasteiger partial charge in [0.2, 0.25) is 5.88 Å². The number of ketones is 1. The fourth-order valence-corrected chi connectivity index (χ4v) is 3.00. The summed E-state index contributed by atoms with van der Waals surface area (Å²) in [4.78, 5) is 27.9. The predicted octanol–water partition coefficient (Wildman–Crippen LogP) is 3.36. The molecule has 1 N–H and O–H groups in total. The molecule has 1 aliphatic heterocycles. The number of fused-ring (bicyclic) bond motifs is 1. The van der Waals surface area contributed by atoms with Gasteiger partial charge in [0.15, 0.2) is 5.78 Å². The van der Waals surface area contributed by atoms with Crippen LogP contribution in [-0.2, 0) is 14.3 Å². The molecule has 1 atom stereocenters. The summed E-state index contributed by atoms with van der Waals surface area (Å²) in [7, 11) is 1.48. The van der Waals surface area contributed by atoms with Crippen LogP contribution in [0.3, 0.4) is 0 Å². The van der Waals surface area contributed by atoms with Crippen LogP contribution in [0.15, 0.2) is 71.5 Å². The number of ether oxygens (including phenoxy) is 1. The topological polar surface area (TPSA) is 58.6 Å². The molecule has 0 saturated heterocycles. The molecule has 0 aromatic heterocycles. The van der Waals surface area contributed by atoms with Crippen molar-refractivity contribution in [3.8, 4) is 0 Å². The monoisotopic (exact) mass is 354 g/mol. The van der Waals surface area contributed by atoms with Crippen LogP contribution in [-0.4, -0.2) is 30.2 Å². The van der Waals surface area contributed by atoms with Crippen molar-refractivity contribution in [2.75, 3.05) is 13.7 Å². The lowest BCUT2D eigenvalue weighted by Crippen LogP contribution is -2.33. The molecule has 138 valence electrons. The van der Waals surface area contributed by atoms with E-state index in [2.05, 4.69) is 5.32 Å². The molecule has 2 aliphatic rings. The third-order valence-corrected chi connectivity index (χ3v) is 4.13. The summed E-state index contributed by atoms with van der Waals surface area (Å²) < 4.78 is 5.52. The number of carbonyl (C=O) groups is 2. The lowest BCUT2D eigenvalue weighted by atomic mass is 9.97. The van der Waals surface area contributed by atoms with Crippen molar-refractivity contribution in [2.45, 2.75) is 27.2 Å². The summed E-state index contributed by atoms with van der Waals surface area (Å²) in [5.41, 5.74) is 1.54. The standard InChI is InChI=1S/C21H26N2O3/c1-5-10-16(11-6-2)22-20(25)18-19(24)15-12-8-9-13-17(14-15)23(7-3)21(18)26-4/h5,8-15H,6-7H2,1-4H3,(H,22,25)/b10-5-,16-11+. The number of nitrogens with one attached hydrogen (secondary N) is 1. The number of Topliss-reactive ketones (excluding diaryl/α,β-unsaturated/α-hetero) is 1. The Morgan fingerprint density at radius 1 is 1.35 bits per heavy atom. The molecule has 0 saturated carbocycles. The van der Waals surface area contributed by atoms with E-state index in [9.17, 15) is 9.59 Å². The molecule has 2 rings (SSSR count). The number of hydrogen-bond donors (Lipinski definition) is 1. The largest absolute Gasteiger partial charge is 0.481 e. The van der Waals surface area contributed by atoms with E-state index < -0.39 is 11.8 Å². The highest BCUT2D eigenvalue weighted by molar-refractivity contribution is 6.22. The minimum absolute atomic E-state index is 0.0389.